The van der Waals surface area contributed by atoms with Gasteiger partial charge in [-0.1, -0.05) is 28.1 Å². The SMILES string of the molecule is Cc1cc(S(=O)(=O)N2C[C@@H](C(N)=O)Oc3ccccc32)ccc1Br. The van der Waals surface area contributed by atoms with Crippen molar-refractivity contribution < 1.29 is 17.9 Å². The summed E-state index contributed by atoms with van der Waals surface area (Å²) in [5.74, 6) is -0.401. The number of carbonyl (C=O) groups is 1. The highest BCUT2D eigenvalue weighted by Gasteiger charge is 2.36. The average molecular weight is 411 g/mol. The fourth-order valence-corrected chi connectivity index (χ4v) is 4.29. The molecule has 126 valence electrons. The summed E-state index contributed by atoms with van der Waals surface area (Å²) in [4.78, 5) is 11.7. The normalized spacial score (nSPS) is 17.1. The number of halogens is 1. The van der Waals surface area contributed by atoms with E-state index in [1.54, 1.807) is 36.4 Å². The molecule has 8 heteroatoms. The minimum atomic E-state index is -3.86. The van der Waals surface area contributed by atoms with Gasteiger partial charge in [0, 0.05) is 4.47 Å². The number of amides is 1. The molecule has 0 saturated carbocycles. The van der Waals surface area contributed by atoms with E-state index in [1.165, 1.54) is 10.4 Å². The summed E-state index contributed by atoms with van der Waals surface area (Å²) in [6, 6.07) is 11.4. The van der Waals surface area contributed by atoms with E-state index in [9.17, 15) is 13.2 Å². The van der Waals surface area contributed by atoms with Crippen LogP contribution in [-0.2, 0) is 14.8 Å². The van der Waals surface area contributed by atoms with Crippen LogP contribution in [0.1, 0.15) is 5.56 Å². The Hall–Kier alpha value is -2.06. The average Bonchev–Trinajstić information content (AvgIpc) is 2.56. The van der Waals surface area contributed by atoms with Crippen molar-refractivity contribution in [3.8, 4) is 5.75 Å². The van der Waals surface area contributed by atoms with Crippen molar-refractivity contribution in [1.29, 1.82) is 0 Å². The van der Waals surface area contributed by atoms with Gasteiger partial charge in [0.2, 0.25) is 0 Å². The molecule has 0 fully saturated rings. The van der Waals surface area contributed by atoms with Crippen molar-refractivity contribution >= 4 is 37.5 Å². The predicted molar refractivity (Wildman–Crippen MR) is 93.5 cm³/mol. The van der Waals surface area contributed by atoms with E-state index >= 15 is 0 Å². The van der Waals surface area contributed by atoms with E-state index in [4.69, 9.17) is 10.5 Å². The van der Waals surface area contributed by atoms with Crippen molar-refractivity contribution in [3.05, 3.63) is 52.5 Å². The van der Waals surface area contributed by atoms with E-state index < -0.39 is 22.0 Å². The Kier molecular flexibility index (Phi) is 4.27. The summed E-state index contributed by atoms with van der Waals surface area (Å²) in [6.45, 7) is 1.65. The third kappa shape index (κ3) is 2.87. The molecule has 1 aliphatic heterocycles. The van der Waals surface area contributed by atoms with Gasteiger partial charge >= 0.3 is 0 Å². The van der Waals surface area contributed by atoms with Crippen LogP contribution in [0.3, 0.4) is 0 Å². The number of fused-ring (bicyclic) bond motifs is 1. The maximum atomic E-state index is 13.1. The lowest BCUT2D eigenvalue weighted by atomic mass is 10.2. The first kappa shape index (κ1) is 16.8. The molecular weight excluding hydrogens is 396 g/mol. The number of carbonyl (C=O) groups excluding carboxylic acids is 1. The van der Waals surface area contributed by atoms with Gasteiger partial charge in [-0.2, -0.15) is 0 Å². The molecule has 2 aromatic rings. The van der Waals surface area contributed by atoms with E-state index in [0.717, 1.165) is 10.0 Å². The molecule has 0 bridgehead atoms. The molecule has 1 aliphatic rings. The third-order valence-corrected chi connectivity index (χ3v) is 6.44. The van der Waals surface area contributed by atoms with Gasteiger partial charge in [0.25, 0.3) is 15.9 Å². The molecule has 24 heavy (non-hydrogen) atoms. The van der Waals surface area contributed by atoms with Gasteiger partial charge in [-0.05, 0) is 42.8 Å². The second kappa shape index (κ2) is 6.10. The molecule has 3 rings (SSSR count). The minimum Gasteiger partial charge on any atom is -0.476 e. The fourth-order valence-electron chi connectivity index (χ4n) is 2.48. The van der Waals surface area contributed by atoms with Crippen LogP contribution in [0.2, 0.25) is 0 Å². The second-order valence-corrected chi connectivity index (χ2v) is 8.14. The Morgan fingerprint density at radius 1 is 1.29 bits per heavy atom. The number of primary amides is 1. The molecule has 0 saturated heterocycles. The monoisotopic (exact) mass is 410 g/mol. The molecule has 0 aromatic heterocycles. The summed E-state index contributed by atoms with van der Waals surface area (Å²) in [7, 11) is -3.86. The molecule has 0 radical (unpaired) electrons. The molecule has 1 heterocycles. The van der Waals surface area contributed by atoms with Crippen molar-refractivity contribution in [3.63, 3.8) is 0 Å². The summed E-state index contributed by atoms with van der Waals surface area (Å²) in [5, 5.41) is 0. The molecule has 1 atom stereocenters. The Morgan fingerprint density at radius 3 is 2.67 bits per heavy atom. The number of sulfonamides is 1. The van der Waals surface area contributed by atoms with Crippen molar-refractivity contribution in [1.82, 2.24) is 0 Å². The molecule has 0 spiro atoms. The number of para-hydroxylation sites is 2. The fraction of sp³-hybridized carbons (Fsp3) is 0.188. The first-order chi connectivity index (χ1) is 11.3. The van der Waals surface area contributed by atoms with E-state index in [0.29, 0.717) is 11.4 Å². The zero-order valence-corrected chi connectivity index (χ0v) is 15.2. The molecule has 1 amide bonds. The van der Waals surface area contributed by atoms with Crippen LogP contribution < -0.4 is 14.8 Å². The summed E-state index contributed by atoms with van der Waals surface area (Å²) in [6.07, 6.45) is -1.04. The zero-order chi connectivity index (χ0) is 17.5. The Balaban J connectivity index is 2.12. The highest BCUT2D eigenvalue weighted by atomic mass is 79.9. The van der Waals surface area contributed by atoms with Gasteiger partial charge in [-0.3, -0.25) is 9.10 Å². The number of rotatable bonds is 3. The number of aryl methyl sites for hydroxylation is 1. The predicted octanol–water partition coefficient (Wildman–Crippen LogP) is 2.20. The summed E-state index contributed by atoms with van der Waals surface area (Å²) in [5.41, 5.74) is 6.50. The number of hydrogen-bond donors (Lipinski definition) is 1. The lowest BCUT2D eigenvalue weighted by molar-refractivity contribution is -0.124. The Bertz CT molecular complexity index is 914. The molecule has 0 aliphatic carbocycles. The molecular formula is C16H15BrN2O4S. The van der Waals surface area contributed by atoms with Gasteiger partial charge in [-0.15, -0.1) is 0 Å². The van der Waals surface area contributed by atoms with Gasteiger partial charge in [0.15, 0.2) is 6.10 Å². The lowest BCUT2D eigenvalue weighted by Gasteiger charge is -2.34. The van der Waals surface area contributed by atoms with Crippen LogP contribution in [0.5, 0.6) is 5.75 Å². The number of nitrogens with zero attached hydrogens (tertiary/aromatic N) is 1. The summed E-state index contributed by atoms with van der Waals surface area (Å²) < 4.78 is 33.7. The van der Waals surface area contributed by atoms with Gasteiger partial charge in [0.05, 0.1) is 17.1 Å². The van der Waals surface area contributed by atoms with Crippen LogP contribution in [-0.4, -0.2) is 27.0 Å². The lowest BCUT2D eigenvalue weighted by Crippen LogP contribution is -2.49. The van der Waals surface area contributed by atoms with Gasteiger partial charge in [0.1, 0.15) is 5.75 Å². The van der Waals surface area contributed by atoms with Crippen molar-refractivity contribution in [2.24, 2.45) is 5.73 Å². The number of nitrogens with two attached hydrogens (primary N) is 1. The van der Waals surface area contributed by atoms with E-state index in [2.05, 4.69) is 15.9 Å². The van der Waals surface area contributed by atoms with Crippen LogP contribution in [0.4, 0.5) is 5.69 Å². The number of anilines is 1. The van der Waals surface area contributed by atoms with Crippen LogP contribution in [0.15, 0.2) is 51.8 Å². The molecule has 2 aromatic carbocycles. The molecule has 6 nitrogen and oxygen atoms in total. The number of hydrogen-bond acceptors (Lipinski definition) is 4. The van der Waals surface area contributed by atoms with Gasteiger partial charge in [-0.25, -0.2) is 8.42 Å². The maximum Gasteiger partial charge on any atom is 0.264 e. The Labute approximate surface area is 148 Å². The zero-order valence-electron chi connectivity index (χ0n) is 12.8. The largest absolute Gasteiger partial charge is 0.476 e. The molecule has 2 N–H and O–H groups in total. The number of benzene rings is 2. The van der Waals surface area contributed by atoms with E-state index in [-0.39, 0.29) is 11.4 Å². The topological polar surface area (TPSA) is 89.7 Å². The summed E-state index contributed by atoms with van der Waals surface area (Å²) >= 11 is 3.36. The minimum absolute atomic E-state index is 0.142. The highest BCUT2D eigenvalue weighted by Crippen LogP contribution is 2.37. The second-order valence-electron chi connectivity index (χ2n) is 5.42. The highest BCUT2D eigenvalue weighted by molar-refractivity contribution is 9.10. The first-order valence-electron chi connectivity index (χ1n) is 7.14. The van der Waals surface area contributed by atoms with Crippen LogP contribution >= 0.6 is 15.9 Å². The maximum absolute atomic E-state index is 13.1. The van der Waals surface area contributed by atoms with Crippen molar-refractivity contribution in [2.75, 3.05) is 10.8 Å². The van der Waals surface area contributed by atoms with Crippen LogP contribution in [0.25, 0.3) is 0 Å². The van der Waals surface area contributed by atoms with Crippen molar-refractivity contribution in [2.45, 2.75) is 17.9 Å². The third-order valence-electron chi connectivity index (χ3n) is 3.77. The Morgan fingerprint density at radius 2 is 2.00 bits per heavy atom. The smallest absolute Gasteiger partial charge is 0.264 e. The number of ether oxygens (including phenoxy) is 1. The van der Waals surface area contributed by atoms with Gasteiger partial charge < -0.3 is 10.5 Å². The van der Waals surface area contributed by atoms with E-state index in [1.807, 2.05) is 6.92 Å². The quantitative estimate of drug-likeness (QED) is 0.839. The van der Waals surface area contributed by atoms with Crippen LogP contribution in [0, 0.1) is 6.92 Å². The molecule has 0 unspecified atom stereocenters. The standard InChI is InChI=1S/C16H15BrN2O4S/c1-10-8-11(6-7-12(10)17)24(21,22)19-9-15(16(18)20)23-14-5-3-2-4-13(14)19/h2-8,15H,9H2,1H3,(H2,18,20)/t15-/m0/s1. The first-order valence-corrected chi connectivity index (χ1v) is 9.38.